The Morgan fingerprint density at radius 2 is 1.96 bits per heavy atom. The minimum Gasteiger partial charge on any atom is -0.436 e. The molecule has 3 aromatic rings. The number of para-hydroxylation sites is 2. The Morgan fingerprint density at radius 1 is 1.24 bits per heavy atom. The van der Waals surface area contributed by atoms with Crippen LogP contribution in [0.4, 0.5) is 11.4 Å². The number of aromatic nitrogens is 1. The lowest BCUT2D eigenvalue weighted by Gasteiger charge is -2.07. The van der Waals surface area contributed by atoms with E-state index in [1.165, 1.54) is 12.3 Å². The summed E-state index contributed by atoms with van der Waals surface area (Å²) in [6.45, 7) is 3.66. The van der Waals surface area contributed by atoms with Crippen molar-refractivity contribution in [3.8, 4) is 0 Å². The van der Waals surface area contributed by atoms with Gasteiger partial charge in [0.05, 0.1) is 10.5 Å². The number of oxazole rings is 1. The Morgan fingerprint density at radius 3 is 2.64 bits per heavy atom. The van der Waals surface area contributed by atoms with Gasteiger partial charge in [0, 0.05) is 12.3 Å². The number of rotatable bonds is 5. The Bertz CT molecular complexity index is 972. The fourth-order valence-electron chi connectivity index (χ4n) is 2.36. The molecule has 3 rings (SSSR count). The second-order valence-electron chi connectivity index (χ2n) is 5.56. The molecule has 1 heterocycles. The van der Waals surface area contributed by atoms with E-state index >= 15 is 0 Å². The molecule has 0 aliphatic carbocycles. The number of benzene rings is 2. The summed E-state index contributed by atoms with van der Waals surface area (Å²) in [7, 11) is 0. The molecule has 0 aliphatic heterocycles. The molecule has 1 aromatic heterocycles. The summed E-state index contributed by atoms with van der Waals surface area (Å²) in [6, 6.07) is 10.3. The first-order valence-electron chi connectivity index (χ1n) is 7.53. The van der Waals surface area contributed by atoms with Crippen LogP contribution in [-0.4, -0.2) is 16.2 Å². The second kappa shape index (κ2) is 6.56. The van der Waals surface area contributed by atoms with Crippen LogP contribution in [0.25, 0.3) is 16.7 Å². The van der Waals surface area contributed by atoms with Gasteiger partial charge in [0.25, 0.3) is 5.69 Å². The van der Waals surface area contributed by atoms with Crippen LogP contribution in [0.3, 0.4) is 0 Å². The fraction of sp³-hybridized carbons (Fsp3) is 0.111. The van der Waals surface area contributed by atoms with E-state index in [1.807, 2.05) is 13.0 Å². The molecule has 0 spiro atoms. The number of anilines is 1. The number of hydrogen-bond donors (Lipinski definition) is 1. The van der Waals surface area contributed by atoms with Gasteiger partial charge in [0.2, 0.25) is 5.89 Å². The molecule has 2 aromatic carbocycles. The molecule has 0 saturated heterocycles. The molecule has 0 bridgehead atoms. The number of aldehydes is 1. The Kier molecular flexibility index (Phi) is 4.30. The highest BCUT2D eigenvalue weighted by molar-refractivity contribution is 6.06. The van der Waals surface area contributed by atoms with Gasteiger partial charge in [0.1, 0.15) is 11.2 Å². The second-order valence-corrected chi connectivity index (χ2v) is 5.56. The minimum absolute atomic E-state index is 0.0674. The molecule has 0 amide bonds. The number of nitro groups is 1. The lowest BCUT2D eigenvalue weighted by molar-refractivity contribution is -0.384. The molecular weight excluding hydrogens is 322 g/mol. The van der Waals surface area contributed by atoms with Crippen LogP contribution in [0.2, 0.25) is 0 Å². The maximum atomic E-state index is 11.4. The number of nitrogens with one attached hydrogen (secondary N) is 1. The lowest BCUT2D eigenvalue weighted by Crippen LogP contribution is -2.00. The van der Waals surface area contributed by atoms with Crippen LogP contribution >= 0.6 is 0 Å². The normalized spacial score (nSPS) is 11.5. The molecule has 1 N–H and O–H groups in total. The van der Waals surface area contributed by atoms with Crippen molar-refractivity contribution in [2.75, 3.05) is 5.32 Å². The van der Waals surface area contributed by atoms with Crippen LogP contribution in [0, 0.1) is 24.0 Å². The summed E-state index contributed by atoms with van der Waals surface area (Å²) in [6.07, 6.45) is 1.94. The molecule has 7 nitrogen and oxygen atoms in total. The Balaban J connectivity index is 1.98. The maximum Gasteiger partial charge on any atom is 0.292 e. The van der Waals surface area contributed by atoms with Crippen molar-refractivity contribution in [2.45, 2.75) is 13.8 Å². The van der Waals surface area contributed by atoms with E-state index in [-0.39, 0.29) is 17.2 Å². The largest absolute Gasteiger partial charge is 0.436 e. The van der Waals surface area contributed by atoms with E-state index in [2.05, 4.69) is 10.3 Å². The van der Waals surface area contributed by atoms with E-state index in [1.54, 1.807) is 31.2 Å². The number of nitrogens with zero attached hydrogens (tertiary/aromatic N) is 2. The predicted molar refractivity (Wildman–Crippen MR) is 94.2 cm³/mol. The van der Waals surface area contributed by atoms with Gasteiger partial charge >= 0.3 is 0 Å². The zero-order valence-corrected chi connectivity index (χ0v) is 13.6. The van der Waals surface area contributed by atoms with Gasteiger partial charge in [-0.1, -0.05) is 12.1 Å². The third kappa shape index (κ3) is 3.25. The van der Waals surface area contributed by atoms with Gasteiger partial charge in [-0.25, -0.2) is 4.98 Å². The topological polar surface area (TPSA) is 98.3 Å². The standard InChI is InChI=1S/C18H15N3O4/c1-11-7-15(16(21(23)24)8-12(11)2)19-9-13(10-22)18-20-14-5-3-4-6-17(14)25-18/h3-10,19H,1-2H3/b13-9+. The molecule has 7 heteroatoms. The van der Waals surface area contributed by atoms with E-state index < -0.39 is 4.92 Å². The number of carbonyl (C=O) groups excluding carboxylic acids is 1. The van der Waals surface area contributed by atoms with Crippen molar-refractivity contribution >= 4 is 34.3 Å². The minimum atomic E-state index is -0.470. The lowest BCUT2D eigenvalue weighted by atomic mass is 10.1. The molecule has 0 unspecified atom stereocenters. The van der Waals surface area contributed by atoms with Crippen molar-refractivity contribution in [1.29, 1.82) is 0 Å². The molecule has 0 radical (unpaired) electrons. The third-order valence-corrected chi connectivity index (χ3v) is 3.86. The van der Waals surface area contributed by atoms with Crippen molar-refractivity contribution in [3.63, 3.8) is 0 Å². The van der Waals surface area contributed by atoms with Gasteiger partial charge in [-0.2, -0.15) is 0 Å². The van der Waals surface area contributed by atoms with Crippen molar-refractivity contribution in [2.24, 2.45) is 0 Å². The fourth-order valence-corrected chi connectivity index (χ4v) is 2.36. The van der Waals surface area contributed by atoms with E-state index in [0.717, 1.165) is 11.1 Å². The number of aryl methyl sites for hydroxylation is 2. The monoisotopic (exact) mass is 337 g/mol. The summed E-state index contributed by atoms with van der Waals surface area (Å²) in [5, 5.41) is 14.1. The average Bonchev–Trinajstić information content (AvgIpc) is 3.01. The number of carbonyl (C=O) groups is 1. The van der Waals surface area contributed by atoms with Crippen molar-refractivity contribution < 1.29 is 14.1 Å². The van der Waals surface area contributed by atoms with Crippen LogP contribution < -0.4 is 5.32 Å². The van der Waals surface area contributed by atoms with Crippen molar-refractivity contribution in [3.05, 3.63) is 69.7 Å². The van der Waals surface area contributed by atoms with E-state index in [9.17, 15) is 14.9 Å². The van der Waals surface area contributed by atoms with Gasteiger partial charge in [-0.15, -0.1) is 0 Å². The Labute approximate surface area is 143 Å². The van der Waals surface area contributed by atoms with Crippen LogP contribution in [0.5, 0.6) is 0 Å². The summed E-state index contributed by atoms with van der Waals surface area (Å²) in [4.78, 5) is 26.4. The molecule has 0 atom stereocenters. The molecule has 0 fully saturated rings. The highest BCUT2D eigenvalue weighted by atomic mass is 16.6. The number of hydrogen-bond acceptors (Lipinski definition) is 6. The molecule has 0 aliphatic rings. The molecule has 0 saturated carbocycles. The first-order chi connectivity index (χ1) is 12.0. The predicted octanol–water partition coefficient (Wildman–Crippen LogP) is 4.00. The zero-order chi connectivity index (χ0) is 18.0. The quantitative estimate of drug-likeness (QED) is 0.327. The molecular formula is C18H15N3O4. The van der Waals surface area contributed by atoms with E-state index in [4.69, 9.17) is 4.42 Å². The van der Waals surface area contributed by atoms with Gasteiger partial charge in [0.15, 0.2) is 11.9 Å². The Hall–Kier alpha value is -3.48. The number of allylic oxidation sites excluding steroid dienone is 1. The van der Waals surface area contributed by atoms with Crippen LogP contribution in [-0.2, 0) is 4.79 Å². The highest BCUT2D eigenvalue weighted by Gasteiger charge is 2.16. The van der Waals surface area contributed by atoms with Crippen molar-refractivity contribution in [1.82, 2.24) is 4.98 Å². The zero-order valence-electron chi connectivity index (χ0n) is 13.6. The van der Waals surface area contributed by atoms with Crippen LogP contribution in [0.15, 0.2) is 47.0 Å². The molecule has 126 valence electrons. The summed E-state index contributed by atoms with van der Waals surface area (Å²) < 4.78 is 5.55. The van der Waals surface area contributed by atoms with Gasteiger partial charge in [-0.3, -0.25) is 14.9 Å². The van der Waals surface area contributed by atoms with Gasteiger partial charge < -0.3 is 9.73 Å². The summed E-state index contributed by atoms with van der Waals surface area (Å²) in [5.41, 5.74) is 3.28. The number of fused-ring (bicyclic) bond motifs is 1. The maximum absolute atomic E-state index is 11.4. The van der Waals surface area contributed by atoms with Crippen LogP contribution in [0.1, 0.15) is 17.0 Å². The third-order valence-electron chi connectivity index (χ3n) is 3.86. The van der Waals surface area contributed by atoms with E-state index in [0.29, 0.717) is 23.1 Å². The number of nitro benzene ring substituents is 1. The SMILES string of the molecule is Cc1cc(N/C=C(\C=O)c2nc3ccccc3o2)c([N+](=O)[O-])cc1C. The first kappa shape index (κ1) is 16.4. The van der Waals surface area contributed by atoms with Gasteiger partial charge in [-0.05, 0) is 43.2 Å². The average molecular weight is 337 g/mol. The smallest absolute Gasteiger partial charge is 0.292 e. The highest BCUT2D eigenvalue weighted by Crippen LogP contribution is 2.28. The molecule has 25 heavy (non-hydrogen) atoms. The summed E-state index contributed by atoms with van der Waals surface area (Å²) >= 11 is 0. The summed E-state index contributed by atoms with van der Waals surface area (Å²) in [5.74, 6) is 0.148. The first-order valence-corrected chi connectivity index (χ1v) is 7.53.